The van der Waals surface area contributed by atoms with E-state index in [2.05, 4.69) is 0 Å². The summed E-state index contributed by atoms with van der Waals surface area (Å²) in [6.07, 6.45) is 2.49. The van der Waals surface area contributed by atoms with Gasteiger partial charge < -0.3 is 19.1 Å². The van der Waals surface area contributed by atoms with Gasteiger partial charge in [-0.15, -0.1) is 0 Å². The van der Waals surface area contributed by atoms with Crippen molar-refractivity contribution in [2.75, 3.05) is 13.1 Å². The molecule has 1 fully saturated rings. The van der Waals surface area contributed by atoms with Gasteiger partial charge in [0.05, 0.1) is 11.7 Å². The smallest absolute Gasteiger partial charge is 0.410 e. The number of hydrogen-bond acceptors (Lipinski definition) is 4. The summed E-state index contributed by atoms with van der Waals surface area (Å²) < 4.78 is 17.6. The van der Waals surface area contributed by atoms with Gasteiger partial charge in [0.1, 0.15) is 6.61 Å². The van der Waals surface area contributed by atoms with Gasteiger partial charge in [0, 0.05) is 13.1 Å². The van der Waals surface area contributed by atoms with Gasteiger partial charge in [-0.25, -0.2) is 4.79 Å². The maximum atomic E-state index is 12.2. The molecule has 25 heavy (non-hydrogen) atoms. The lowest BCUT2D eigenvalue weighted by Crippen LogP contribution is -2.40. The maximum absolute atomic E-state index is 12.2. The van der Waals surface area contributed by atoms with Crippen molar-refractivity contribution < 1.29 is 19.0 Å². The Morgan fingerprint density at radius 2 is 2.00 bits per heavy atom. The van der Waals surface area contributed by atoms with Crippen LogP contribution >= 0.6 is 0 Å². The number of benzene rings is 1. The van der Waals surface area contributed by atoms with Crippen LogP contribution in [0.25, 0.3) is 0 Å². The molecule has 2 aliphatic heterocycles. The molecule has 5 nitrogen and oxygen atoms in total. The number of ether oxygens (including phenoxy) is 3. The highest BCUT2D eigenvalue weighted by Crippen LogP contribution is 2.42. The van der Waals surface area contributed by atoms with Crippen molar-refractivity contribution in [2.24, 2.45) is 0 Å². The number of nitrogens with zero attached hydrogens (tertiary/aromatic N) is 1. The van der Waals surface area contributed by atoms with Crippen molar-refractivity contribution in [3.8, 4) is 0 Å². The molecule has 0 bridgehead atoms. The minimum atomic E-state index is -0.705. The molecule has 5 heteroatoms. The highest BCUT2D eigenvalue weighted by atomic mass is 16.8. The summed E-state index contributed by atoms with van der Waals surface area (Å²) in [6, 6.07) is 9.70. The third kappa shape index (κ3) is 3.88. The monoisotopic (exact) mass is 345 g/mol. The van der Waals surface area contributed by atoms with Crippen molar-refractivity contribution in [3.05, 3.63) is 47.5 Å². The van der Waals surface area contributed by atoms with E-state index >= 15 is 0 Å². The lowest BCUT2D eigenvalue weighted by molar-refractivity contribution is -0.145. The Morgan fingerprint density at radius 3 is 2.56 bits per heavy atom. The number of carbonyl (C=O) groups excluding carboxylic acids is 1. The van der Waals surface area contributed by atoms with E-state index in [0.29, 0.717) is 19.7 Å². The Kier molecular flexibility index (Phi) is 4.89. The van der Waals surface area contributed by atoms with Gasteiger partial charge in [-0.3, -0.25) is 0 Å². The first kappa shape index (κ1) is 18.0. The molecule has 0 radical (unpaired) electrons. The summed E-state index contributed by atoms with van der Waals surface area (Å²) in [5.74, 6) is -0.705. The molecule has 0 aliphatic carbocycles. The molecule has 1 saturated heterocycles. The van der Waals surface area contributed by atoms with Crippen molar-refractivity contribution in [1.29, 1.82) is 0 Å². The van der Waals surface area contributed by atoms with Gasteiger partial charge in [-0.05, 0) is 45.3 Å². The molecule has 1 aromatic carbocycles. The SMILES string of the molecule is CC1OC(C)(C2=CCN(C(=O)OCc3ccccc3)CC2)OC1(C)C. The van der Waals surface area contributed by atoms with Crippen molar-refractivity contribution in [3.63, 3.8) is 0 Å². The summed E-state index contributed by atoms with van der Waals surface area (Å²) in [4.78, 5) is 14.0. The average Bonchev–Trinajstić information content (AvgIpc) is 2.82. The van der Waals surface area contributed by atoms with Gasteiger partial charge in [0.15, 0.2) is 5.79 Å². The first-order chi connectivity index (χ1) is 11.8. The van der Waals surface area contributed by atoms with Crippen molar-refractivity contribution >= 4 is 6.09 Å². The van der Waals surface area contributed by atoms with Crippen LogP contribution in [0.1, 0.15) is 39.7 Å². The quantitative estimate of drug-likeness (QED) is 0.780. The zero-order valence-corrected chi connectivity index (χ0v) is 15.5. The van der Waals surface area contributed by atoms with Crippen LogP contribution < -0.4 is 0 Å². The Hall–Kier alpha value is -1.85. The second-order valence-electron chi connectivity index (χ2n) is 7.38. The lowest BCUT2D eigenvalue weighted by Gasteiger charge is -2.33. The first-order valence-corrected chi connectivity index (χ1v) is 8.83. The number of rotatable bonds is 3. The molecule has 1 aromatic rings. The van der Waals surface area contributed by atoms with Crippen LogP contribution in [0, 0.1) is 0 Å². The fourth-order valence-corrected chi connectivity index (χ4v) is 3.29. The van der Waals surface area contributed by atoms with Crippen LogP contribution in [0.15, 0.2) is 42.0 Å². The molecule has 136 valence electrons. The zero-order valence-electron chi connectivity index (χ0n) is 15.5. The number of hydrogen-bond donors (Lipinski definition) is 0. The highest BCUT2D eigenvalue weighted by Gasteiger charge is 2.49. The standard InChI is InChI=1S/C20H27NO4/c1-15-19(2,3)25-20(4,24-15)17-10-12-21(13-11-17)18(22)23-14-16-8-6-5-7-9-16/h5-10,15H,11-14H2,1-4H3. The molecule has 0 aromatic heterocycles. The van der Waals surface area contributed by atoms with Gasteiger partial charge in [-0.1, -0.05) is 36.4 Å². The van der Waals surface area contributed by atoms with E-state index in [1.54, 1.807) is 4.90 Å². The fraction of sp³-hybridized carbons (Fsp3) is 0.550. The minimum Gasteiger partial charge on any atom is -0.445 e. The predicted octanol–water partition coefficient (Wildman–Crippen LogP) is 3.89. The molecule has 2 heterocycles. The van der Waals surface area contributed by atoms with Crippen molar-refractivity contribution in [1.82, 2.24) is 4.90 Å². The molecule has 0 N–H and O–H groups in total. The lowest BCUT2D eigenvalue weighted by atomic mass is 10.0. The Bertz CT molecular complexity index is 655. The Labute approximate surface area is 149 Å². The maximum Gasteiger partial charge on any atom is 0.410 e. The molecule has 0 spiro atoms. The van der Waals surface area contributed by atoms with Gasteiger partial charge >= 0.3 is 6.09 Å². The fourth-order valence-electron chi connectivity index (χ4n) is 3.29. The molecule has 3 rings (SSSR count). The third-order valence-corrected chi connectivity index (χ3v) is 5.09. The van der Waals surface area contributed by atoms with Crippen molar-refractivity contribution in [2.45, 2.75) is 58.2 Å². The third-order valence-electron chi connectivity index (χ3n) is 5.09. The summed E-state index contributed by atoms with van der Waals surface area (Å²) in [5, 5.41) is 0. The molecule has 2 unspecified atom stereocenters. The molecule has 2 atom stereocenters. The van der Waals surface area contributed by atoms with Crippen LogP contribution in [0.3, 0.4) is 0 Å². The van der Waals surface area contributed by atoms with Gasteiger partial charge in [-0.2, -0.15) is 0 Å². The van der Waals surface area contributed by atoms with E-state index in [0.717, 1.165) is 17.6 Å². The van der Waals surface area contributed by atoms with Gasteiger partial charge in [0.25, 0.3) is 0 Å². The van der Waals surface area contributed by atoms with Crippen LogP contribution in [0.5, 0.6) is 0 Å². The highest BCUT2D eigenvalue weighted by molar-refractivity contribution is 5.68. The Balaban J connectivity index is 1.56. The normalized spacial score (nSPS) is 28.6. The van der Waals surface area contributed by atoms with Crippen LogP contribution in [-0.2, 0) is 20.8 Å². The summed E-state index contributed by atoms with van der Waals surface area (Å²) in [7, 11) is 0. The second-order valence-corrected chi connectivity index (χ2v) is 7.38. The van der Waals surface area contributed by atoms with E-state index in [1.165, 1.54) is 0 Å². The van der Waals surface area contributed by atoms with E-state index in [-0.39, 0.29) is 17.8 Å². The van der Waals surface area contributed by atoms with Gasteiger partial charge in [0.2, 0.25) is 0 Å². The Morgan fingerprint density at radius 1 is 1.28 bits per heavy atom. The largest absolute Gasteiger partial charge is 0.445 e. The molecule has 1 amide bonds. The molecule has 2 aliphatic rings. The van der Waals surface area contributed by atoms with E-state index in [9.17, 15) is 4.79 Å². The minimum absolute atomic E-state index is 0.0206. The molecular formula is C20H27NO4. The average molecular weight is 345 g/mol. The zero-order chi connectivity index (χ0) is 18.1. The number of amides is 1. The first-order valence-electron chi connectivity index (χ1n) is 8.83. The number of carbonyl (C=O) groups is 1. The van der Waals surface area contributed by atoms with E-state index in [1.807, 2.05) is 64.1 Å². The second kappa shape index (κ2) is 6.81. The molecular weight excluding hydrogens is 318 g/mol. The van der Waals surface area contributed by atoms with E-state index in [4.69, 9.17) is 14.2 Å². The van der Waals surface area contributed by atoms with Crippen LogP contribution in [-0.4, -0.2) is 41.6 Å². The summed E-state index contributed by atoms with van der Waals surface area (Å²) >= 11 is 0. The van der Waals surface area contributed by atoms with Crippen LogP contribution in [0.4, 0.5) is 4.79 Å². The summed E-state index contributed by atoms with van der Waals surface area (Å²) in [6.45, 7) is 9.49. The van der Waals surface area contributed by atoms with Crippen LogP contribution in [0.2, 0.25) is 0 Å². The predicted molar refractivity (Wildman–Crippen MR) is 95.0 cm³/mol. The molecule has 0 saturated carbocycles. The summed E-state index contributed by atoms with van der Waals surface area (Å²) in [5.41, 5.74) is 1.76. The topological polar surface area (TPSA) is 48.0 Å². The van der Waals surface area contributed by atoms with E-state index < -0.39 is 5.79 Å².